The van der Waals surface area contributed by atoms with E-state index in [1.165, 1.54) is 25.7 Å². The summed E-state index contributed by atoms with van der Waals surface area (Å²) in [6.45, 7) is 12.6. The van der Waals surface area contributed by atoms with Gasteiger partial charge in [0.05, 0.1) is 5.60 Å². The Balaban J connectivity index is 1.36. The molecule has 0 aliphatic heterocycles. The lowest BCUT2D eigenvalue weighted by Crippen LogP contribution is -2.57. The molecule has 5 rings (SSSR count). The smallest absolute Gasteiger partial charge is 0.390 e. The largest absolute Gasteiger partial charge is 0.416 e. The van der Waals surface area contributed by atoms with Crippen molar-refractivity contribution in [3.63, 3.8) is 0 Å². The molecule has 0 aromatic carbocycles. The van der Waals surface area contributed by atoms with Crippen LogP contribution in [0.4, 0.5) is 13.2 Å². The molecule has 2 nitrogen and oxygen atoms in total. The molecule has 0 radical (unpaired) electrons. The molecular formula is C30H49F3O2. The van der Waals surface area contributed by atoms with Crippen molar-refractivity contribution in [2.24, 2.45) is 64.1 Å². The molecule has 0 aromatic rings. The zero-order valence-corrected chi connectivity index (χ0v) is 22.8. The zero-order chi connectivity index (χ0) is 25.8. The van der Waals surface area contributed by atoms with E-state index < -0.39 is 17.4 Å². The predicted octanol–water partition coefficient (Wildman–Crippen LogP) is 7.62. The van der Waals surface area contributed by atoms with Crippen LogP contribution in [0.2, 0.25) is 0 Å². The molecule has 0 aromatic heterocycles. The number of halogens is 3. The second kappa shape index (κ2) is 8.10. The van der Waals surface area contributed by atoms with E-state index in [9.17, 15) is 23.4 Å². The SMILES string of the molecule is CC[C@]1(O)CC[C@@]2(C)[C@@H](CC[C@H]3[C@@H]4[C@@H]5[C@H](C)[C@@H]5[C@H]([C@H](C)CC[C@](C)(O)C(F)(F)F)[C@@]4(C)CC[C@@H]32)C1. The highest BCUT2D eigenvalue weighted by molar-refractivity contribution is 5.21. The van der Waals surface area contributed by atoms with E-state index in [0.29, 0.717) is 41.4 Å². The van der Waals surface area contributed by atoms with Crippen LogP contribution < -0.4 is 0 Å². The number of hydrogen-bond acceptors (Lipinski definition) is 2. The van der Waals surface area contributed by atoms with Crippen molar-refractivity contribution in [3.05, 3.63) is 0 Å². The Morgan fingerprint density at radius 1 is 1.00 bits per heavy atom. The average Bonchev–Trinajstić information content (AvgIpc) is 3.29. The Hall–Kier alpha value is -0.290. The van der Waals surface area contributed by atoms with E-state index in [2.05, 4.69) is 34.6 Å². The fourth-order valence-corrected chi connectivity index (χ4v) is 11.0. The van der Waals surface area contributed by atoms with Gasteiger partial charge in [-0.2, -0.15) is 13.2 Å². The summed E-state index contributed by atoms with van der Waals surface area (Å²) in [6, 6.07) is 0. The van der Waals surface area contributed by atoms with Crippen LogP contribution in [0.3, 0.4) is 0 Å². The lowest BCUT2D eigenvalue weighted by molar-refractivity contribution is -0.256. The van der Waals surface area contributed by atoms with Crippen LogP contribution in [0.15, 0.2) is 0 Å². The first-order chi connectivity index (χ1) is 16.1. The lowest BCUT2D eigenvalue weighted by atomic mass is 9.42. The average molecular weight is 499 g/mol. The monoisotopic (exact) mass is 498 g/mol. The summed E-state index contributed by atoms with van der Waals surface area (Å²) in [6.07, 6.45) is 4.51. The predicted molar refractivity (Wildman–Crippen MR) is 132 cm³/mol. The molecule has 202 valence electrons. The molecule has 0 unspecified atom stereocenters. The molecule has 0 bridgehead atoms. The number of hydrogen-bond donors (Lipinski definition) is 2. The summed E-state index contributed by atoms with van der Waals surface area (Å²) >= 11 is 0. The maximum Gasteiger partial charge on any atom is 0.416 e. The summed E-state index contributed by atoms with van der Waals surface area (Å²) in [4.78, 5) is 0. The van der Waals surface area contributed by atoms with Gasteiger partial charge < -0.3 is 10.2 Å². The van der Waals surface area contributed by atoms with Gasteiger partial charge in [-0.05, 0) is 135 Å². The summed E-state index contributed by atoms with van der Waals surface area (Å²) in [5.41, 5.74) is -2.52. The van der Waals surface area contributed by atoms with Crippen molar-refractivity contribution in [3.8, 4) is 0 Å². The van der Waals surface area contributed by atoms with E-state index in [0.717, 1.165) is 50.4 Å². The van der Waals surface area contributed by atoms with E-state index in [4.69, 9.17) is 0 Å². The van der Waals surface area contributed by atoms with E-state index in [1.807, 2.05) is 0 Å². The van der Waals surface area contributed by atoms with Gasteiger partial charge in [-0.3, -0.25) is 0 Å². The maximum absolute atomic E-state index is 13.3. The lowest BCUT2D eigenvalue weighted by Gasteiger charge is -2.63. The standard InChI is InChI=1S/C30H49F3O2/c1-7-29(35)15-14-26(4)19(16-29)8-9-20-21(26)11-12-27(5)24(22-18(3)23(22)25(20)27)17(2)10-13-28(6,34)30(31,32)33/h17-25,34-35H,7-16H2,1-6H3/t17-,18-,19+,20-,21+,22+,23-,24+,25-,26+,27-,28+,29+/m1/s1. The molecule has 2 N–H and O–H groups in total. The first kappa shape index (κ1) is 26.3. The van der Waals surface area contributed by atoms with Crippen molar-refractivity contribution in [1.29, 1.82) is 0 Å². The highest BCUT2D eigenvalue weighted by Crippen LogP contribution is 2.79. The minimum atomic E-state index is -4.57. The Morgan fingerprint density at radius 2 is 1.69 bits per heavy atom. The van der Waals surface area contributed by atoms with Gasteiger partial charge in [0, 0.05) is 0 Å². The third kappa shape index (κ3) is 3.78. The molecule has 5 saturated carbocycles. The first-order valence-electron chi connectivity index (χ1n) is 14.6. The van der Waals surface area contributed by atoms with Gasteiger partial charge in [-0.25, -0.2) is 0 Å². The fourth-order valence-electron chi connectivity index (χ4n) is 11.0. The number of alkyl halides is 3. The molecule has 5 fully saturated rings. The van der Waals surface area contributed by atoms with Crippen molar-refractivity contribution in [1.82, 2.24) is 0 Å². The number of aliphatic hydroxyl groups is 2. The molecule has 5 heteroatoms. The van der Waals surface area contributed by atoms with Crippen LogP contribution in [-0.2, 0) is 0 Å². The number of rotatable bonds is 5. The molecule has 5 aliphatic rings. The molecule has 0 spiro atoms. The topological polar surface area (TPSA) is 40.5 Å². The van der Waals surface area contributed by atoms with Crippen LogP contribution in [0.1, 0.15) is 106 Å². The quantitative estimate of drug-likeness (QED) is 0.409. The van der Waals surface area contributed by atoms with Gasteiger partial charge in [0.1, 0.15) is 0 Å². The molecule has 35 heavy (non-hydrogen) atoms. The van der Waals surface area contributed by atoms with Gasteiger partial charge >= 0.3 is 6.18 Å². The minimum Gasteiger partial charge on any atom is -0.390 e. The Bertz CT molecular complexity index is 825. The minimum absolute atomic E-state index is 0.202. The summed E-state index contributed by atoms with van der Waals surface area (Å²) in [7, 11) is 0. The molecule has 5 aliphatic carbocycles. The molecule has 0 saturated heterocycles. The van der Waals surface area contributed by atoms with E-state index in [-0.39, 0.29) is 17.8 Å². The van der Waals surface area contributed by atoms with Crippen LogP contribution in [0.5, 0.6) is 0 Å². The van der Waals surface area contributed by atoms with Gasteiger partial charge in [0.15, 0.2) is 5.60 Å². The second-order valence-electron chi connectivity index (χ2n) is 14.7. The van der Waals surface area contributed by atoms with Crippen LogP contribution in [0.25, 0.3) is 0 Å². The van der Waals surface area contributed by atoms with Crippen molar-refractivity contribution >= 4 is 0 Å². The summed E-state index contributed by atoms with van der Waals surface area (Å²) in [5.74, 6) is 5.53. The van der Waals surface area contributed by atoms with Crippen molar-refractivity contribution < 1.29 is 23.4 Å². The van der Waals surface area contributed by atoms with E-state index >= 15 is 0 Å². The van der Waals surface area contributed by atoms with Crippen LogP contribution in [0, 0.1) is 64.1 Å². The van der Waals surface area contributed by atoms with Crippen LogP contribution >= 0.6 is 0 Å². The van der Waals surface area contributed by atoms with Crippen molar-refractivity contribution in [2.45, 2.75) is 123 Å². The molecular weight excluding hydrogens is 449 g/mol. The van der Waals surface area contributed by atoms with Gasteiger partial charge in [0.2, 0.25) is 0 Å². The third-order valence-electron chi connectivity index (χ3n) is 13.2. The molecule has 13 atom stereocenters. The first-order valence-corrected chi connectivity index (χ1v) is 14.6. The van der Waals surface area contributed by atoms with Crippen molar-refractivity contribution in [2.75, 3.05) is 0 Å². The fraction of sp³-hybridized carbons (Fsp3) is 1.00. The van der Waals surface area contributed by atoms with Gasteiger partial charge in [-0.15, -0.1) is 0 Å². The van der Waals surface area contributed by atoms with Crippen LogP contribution in [-0.4, -0.2) is 27.6 Å². The zero-order valence-electron chi connectivity index (χ0n) is 22.8. The highest BCUT2D eigenvalue weighted by Gasteiger charge is 2.74. The third-order valence-corrected chi connectivity index (χ3v) is 13.2. The Labute approximate surface area is 210 Å². The summed E-state index contributed by atoms with van der Waals surface area (Å²) in [5, 5.41) is 21.1. The second-order valence-corrected chi connectivity index (χ2v) is 14.7. The molecule has 0 amide bonds. The van der Waals surface area contributed by atoms with E-state index in [1.54, 1.807) is 0 Å². The Kier molecular flexibility index (Phi) is 6.10. The normalized spacial score (nSPS) is 53.6. The number of fused-ring (bicyclic) bond motifs is 7. The highest BCUT2D eigenvalue weighted by atomic mass is 19.4. The van der Waals surface area contributed by atoms with Gasteiger partial charge in [-0.1, -0.05) is 34.6 Å². The maximum atomic E-state index is 13.3. The van der Waals surface area contributed by atoms with Gasteiger partial charge in [0.25, 0.3) is 0 Å². The Morgan fingerprint density at radius 3 is 2.31 bits per heavy atom. The molecule has 0 heterocycles. The summed E-state index contributed by atoms with van der Waals surface area (Å²) < 4.78 is 39.9.